The standard InChI is InChI=1S/C14H20N2O5S2/c1-10-4-5-11(8-12(10)23(19,20)15-2)16-13(17)9-22-7-6-14(18)21-3/h4-5,8,15H,6-7,9H2,1-3H3,(H,16,17). The van der Waals surface area contributed by atoms with E-state index in [-0.39, 0.29) is 28.9 Å². The van der Waals surface area contributed by atoms with Crippen molar-refractivity contribution in [2.45, 2.75) is 18.2 Å². The Labute approximate surface area is 140 Å². The largest absolute Gasteiger partial charge is 0.469 e. The number of methoxy groups -OCH3 is 1. The first-order chi connectivity index (χ1) is 10.8. The van der Waals surface area contributed by atoms with Crippen LogP contribution in [0.2, 0.25) is 0 Å². The Morgan fingerprint density at radius 2 is 2.00 bits per heavy atom. The van der Waals surface area contributed by atoms with Crippen LogP contribution in [0.5, 0.6) is 0 Å². The van der Waals surface area contributed by atoms with Crippen molar-refractivity contribution in [2.24, 2.45) is 0 Å². The normalized spacial score (nSPS) is 11.1. The quantitative estimate of drug-likeness (QED) is 0.532. The summed E-state index contributed by atoms with van der Waals surface area (Å²) in [5, 5.41) is 2.64. The third-order valence-electron chi connectivity index (χ3n) is 2.94. The number of esters is 1. The molecule has 2 N–H and O–H groups in total. The first-order valence-electron chi connectivity index (χ1n) is 6.78. The number of thioether (sulfide) groups is 1. The molecule has 0 spiro atoms. The zero-order valence-corrected chi connectivity index (χ0v) is 14.8. The van der Waals surface area contributed by atoms with Crippen molar-refractivity contribution in [1.82, 2.24) is 4.72 Å². The number of rotatable bonds is 8. The molecular formula is C14H20N2O5S2. The van der Waals surface area contributed by atoms with Gasteiger partial charge < -0.3 is 10.1 Å². The van der Waals surface area contributed by atoms with Crippen LogP contribution >= 0.6 is 11.8 Å². The number of nitrogens with one attached hydrogen (secondary N) is 2. The molecule has 0 saturated heterocycles. The van der Waals surface area contributed by atoms with Gasteiger partial charge in [0.1, 0.15) is 0 Å². The molecular weight excluding hydrogens is 340 g/mol. The molecule has 0 aromatic heterocycles. The molecule has 0 saturated carbocycles. The molecule has 23 heavy (non-hydrogen) atoms. The van der Waals surface area contributed by atoms with Gasteiger partial charge in [-0.05, 0) is 31.7 Å². The third-order valence-corrected chi connectivity index (χ3v) is 5.46. The van der Waals surface area contributed by atoms with Gasteiger partial charge in [-0.1, -0.05) is 6.07 Å². The van der Waals surface area contributed by atoms with Gasteiger partial charge in [0.15, 0.2) is 0 Å². The minimum atomic E-state index is -3.58. The number of aryl methyl sites for hydroxylation is 1. The molecule has 0 unspecified atom stereocenters. The van der Waals surface area contributed by atoms with Gasteiger partial charge in [0, 0.05) is 11.4 Å². The predicted octanol–water partition coefficient (Wildman–Crippen LogP) is 1.14. The van der Waals surface area contributed by atoms with Crippen molar-refractivity contribution in [3.8, 4) is 0 Å². The first kappa shape index (κ1) is 19.5. The number of benzene rings is 1. The molecule has 0 atom stereocenters. The van der Waals surface area contributed by atoms with Crippen molar-refractivity contribution in [3.63, 3.8) is 0 Å². The van der Waals surface area contributed by atoms with Gasteiger partial charge in [-0.2, -0.15) is 11.8 Å². The second-order valence-corrected chi connectivity index (χ2v) is 7.57. The van der Waals surface area contributed by atoms with Gasteiger partial charge in [0.05, 0.1) is 24.2 Å². The Hall–Kier alpha value is -1.58. The minimum absolute atomic E-state index is 0.121. The van der Waals surface area contributed by atoms with Crippen molar-refractivity contribution < 1.29 is 22.7 Å². The molecule has 1 rings (SSSR count). The lowest BCUT2D eigenvalue weighted by molar-refractivity contribution is -0.140. The van der Waals surface area contributed by atoms with E-state index in [1.807, 2.05) is 0 Å². The number of sulfonamides is 1. The molecule has 0 aliphatic rings. The minimum Gasteiger partial charge on any atom is -0.469 e. The van der Waals surface area contributed by atoms with Crippen LogP contribution in [-0.2, 0) is 24.3 Å². The molecule has 0 aliphatic heterocycles. The molecule has 0 fully saturated rings. The number of hydrogen-bond acceptors (Lipinski definition) is 6. The van der Waals surface area contributed by atoms with E-state index in [2.05, 4.69) is 14.8 Å². The Bertz CT molecular complexity index is 674. The van der Waals surface area contributed by atoms with Gasteiger partial charge in [0.2, 0.25) is 15.9 Å². The maximum Gasteiger partial charge on any atom is 0.306 e. The zero-order chi connectivity index (χ0) is 17.5. The molecule has 9 heteroatoms. The third kappa shape index (κ3) is 6.20. The van der Waals surface area contributed by atoms with Crippen LogP contribution < -0.4 is 10.0 Å². The molecule has 7 nitrogen and oxygen atoms in total. The highest BCUT2D eigenvalue weighted by Crippen LogP contribution is 2.20. The van der Waals surface area contributed by atoms with Crippen molar-refractivity contribution in [1.29, 1.82) is 0 Å². The number of ether oxygens (including phenoxy) is 1. The number of carbonyl (C=O) groups is 2. The average molecular weight is 360 g/mol. The van der Waals surface area contributed by atoms with Crippen LogP contribution in [-0.4, -0.2) is 46.0 Å². The van der Waals surface area contributed by atoms with Crippen LogP contribution in [0.1, 0.15) is 12.0 Å². The summed E-state index contributed by atoms with van der Waals surface area (Å²) in [4.78, 5) is 22.9. The fraction of sp³-hybridized carbons (Fsp3) is 0.429. The summed E-state index contributed by atoms with van der Waals surface area (Å²) in [5.74, 6) is 0.0571. The maximum atomic E-state index is 11.9. The molecule has 128 valence electrons. The molecule has 1 aromatic carbocycles. The van der Waals surface area contributed by atoms with Gasteiger partial charge in [-0.25, -0.2) is 13.1 Å². The van der Waals surface area contributed by atoms with E-state index in [0.717, 1.165) is 0 Å². The SMILES string of the molecule is CNS(=O)(=O)c1cc(NC(=O)CSCCC(=O)OC)ccc1C. The van der Waals surface area contributed by atoms with Crippen LogP contribution in [0, 0.1) is 6.92 Å². The molecule has 0 bridgehead atoms. The highest BCUT2D eigenvalue weighted by Gasteiger charge is 2.15. The number of anilines is 1. The lowest BCUT2D eigenvalue weighted by Gasteiger charge is -2.10. The second-order valence-electron chi connectivity index (χ2n) is 4.61. The average Bonchev–Trinajstić information content (AvgIpc) is 2.52. The monoisotopic (exact) mass is 360 g/mol. The van der Waals surface area contributed by atoms with Gasteiger partial charge in [0.25, 0.3) is 0 Å². The first-order valence-corrected chi connectivity index (χ1v) is 9.42. The van der Waals surface area contributed by atoms with E-state index in [9.17, 15) is 18.0 Å². The van der Waals surface area contributed by atoms with E-state index in [4.69, 9.17) is 0 Å². The van der Waals surface area contributed by atoms with Crippen LogP contribution in [0.3, 0.4) is 0 Å². The highest BCUT2D eigenvalue weighted by atomic mass is 32.2. The van der Waals surface area contributed by atoms with Crippen LogP contribution in [0.4, 0.5) is 5.69 Å². The lowest BCUT2D eigenvalue weighted by Crippen LogP contribution is -2.20. The Kier molecular flexibility index (Phi) is 7.53. The summed E-state index contributed by atoms with van der Waals surface area (Å²) >= 11 is 1.30. The maximum absolute atomic E-state index is 11.9. The summed E-state index contributed by atoms with van der Waals surface area (Å²) < 4.78 is 30.5. The van der Waals surface area contributed by atoms with E-state index in [1.54, 1.807) is 19.1 Å². The Morgan fingerprint density at radius 3 is 2.61 bits per heavy atom. The summed E-state index contributed by atoms with van der Waals surface area (Å²) in [6.07, 6.45) is 0.240. The van der Waals surface area contributed by atoms with Crippen molar-refractivity contribution in [3.05, 3.63) is 23.8 Å². The molecule has 0 aliphatic carbocycles. The predicted molar refractivity (Wildman–Crippen MR) is 90.0 cm³/mol. The molecule has 0 heterocycles. The number of carbonyl (C=O) groups excluding carboxylic acids is 2. The number of hydrogen-bond donors (Lipinski definition) is 2. The summed E-state index contributed by atoms with van der Waals surface area (Å²) in [7, 11) is -0.934. The van der Waals surface area contributed by atoms with Crippen molar-refractivity contribution in [2.75, 3.05) is 31.0 Å². The molecule has 1 amide bonds. The Balaban J connectivity index is 2.62. The Morgan fingerprint density at radius 1 is 1.30 bits per heavy atom. The molecule has 1 aromatic rings. The number of amides is 1. The topological polar surface area (TPSA) is 102 Å². The zero-order valence-electron chi connectivity index (χ0n) is 13.2. The highest BCUT2D eigenvalue weighted by molar-refractivity contribution is 7.99. The van der Waals surface area contributed by atoms with E-state index >= 15 is 0 Å². The van der Waals surface area contributed by atoms with Crippen LogP contribution in [0.25, 0.3) is 0 Å². The van der Waals surface area contributed by atoms with Gasteiger partial charge in [-0.15, -0.1) is 0 Å². The van der Waals surface area contributed by atoms with E-state index in [1.165, 1.54) is 32.0 Å². The summed E-state index contributed by atoms with van der Waals surface area (Å²) in [5.41, 5.74) is 0.993. The fourth-order valence-corrected chi connectivity index (χ4v) is 3.40. The van der Waals surface area contributed by atoms with Gasteiger partial charge in [-0.3, -0.25) is 9.59 Å². The van der Waals surface area contributed by atoms with Crippen molar-refractivity contribution >= 4 is 39.3 Å². The van der Waals surface area contributed by atoms with E-state index in [0.29, 0.717) is 17.0 Å². The summed E-state index contributed by atoms with van der Waals surface area (Å²) in [6.45, 7) is 1.68. The van der Waals surface area contributed by atoms with Crippen LogP contribution in [0.15, 0.2) is 23.1 Å². The van der Waals surface area contributed by atoms with E-state index < -0.39 is 10.0 Å². The fourth-order valence-electron chi connectivity index (χ4n) is 1.70. The lowest BCUT2D eigenvalue weighted by atomic mass is 10.2. The molecule has 0 radical (unpaired) electrons. The van der Waals surface area contributed by atoms with Gasteiger partial charge >= 0.3 is 5.97 Å². The summed E-state index contributed by atoms with van der Waals surface area (Å²) in [6, 6.07) is 4.68. The smallest absolute Gasteiger partial charge is 0.306 e. The second kappa shape index (κ2) is 8.90.